The van der Waals surface area contributed by atoms with E-state index in [1.54, 1.807) is 0 Å². The van der Waals surface area contributed by atoms with E-state index in [-0.39, 0.29) is 11.9 Å². The molecular formula is C30H31N5O2. The van der Waals surface area contributed by atoms with Crippen molar-refractivity contribution in [2.24, 2.45) is 4.99 Å². The van der Waals surface area contributed by atoms with Gasteiger partial charge in [-0.15, -0.1) is 0 Å². The highest BCUT2D eigenvalue weighted by atomic mass is 16.5. The van der Waals surface area contributed by atoms with Gasteiger partial charge in [0.1, 0.15) is 17.3 Å². The predicted octanol–water partition coefficient (Wildman–Crippen LogP) is 5.86. The van der Waals surface area contributed by atoms with Crippen molar-refractivity contribution in [3.8, 4) is 11.5 Å². The minimum atomic E-state index is 0.0376. The molecule has 1 fully saturated rings. The summed E-state index contributed by atoms with van der Waals surface area (Å²) in [5.74, 6) is 2.95. The summed E-state index contributed by atoms with van der Waals surface area (Å²) in [4.78, 5) is 28.8. The molecule has 0 saturated heterocycles. The third kappa shape index (κ3) is 6.30. The van der Waals surface area contributed by atoms with Gasteiger partial charge in [-0.1, -0.05) is 42.5 Å². The summed E-state index contributed by atoms with van der Waals surface area (Å²) in [7, 11) is 3.96. The molecule has 0 bridgehead atoms. The minimum absolute atomic E-state index is 0.0376. The minimum Gasteiger partial charge on any atom is -0.457 e. The van der Waals surface area contributed by atoms with Crippen LogP contribution in [0.5, 0.6) is 11.5 Å². The first-order chi connectivity index (χ1) is 18.0. The van der Waals surface area contributed by atoms with E-state index in [9.17, 15) is 4.79 Å². The standard InChI is InChI=1S/C30H31N5O2/c1-35(2)29-26-10-6-7-11-27(26)33-30(34-29)32-23-16-14-22(15-17-23)31-28(36)20-21-12-18-25(19-13-21)37-24-8-4-3-5-9-24/h3-13,18-19,22H,14-17,20H2,1-2H3,(H,31,36). The first-order valence-electron chi connectivity index (χ1n) is 12.7. The highest BCUT2D eigenvalue weighted by molar-refractivity contribution is 5.92. The number of aromatic nitrogens is 2. The van der Waals surface area contributed by atoms with Crippen molar-refractivity contribution in [1.82, 2.24) is 15.3 Å². The van der Waals surface area contributed by atoms with Gasteiger partial charge in [-0.05, 0) is 67.6 Å². The number of nitrogens with one attached hydrogen (secondary N) is 1. The van der Waals surface area contributed by atoms with Crippen LogP contribution in [0.15, 0.2) is 83.9 Å². The predicted molar refractivity (Wildman–Crippen MR) is 148 cm³/mol. The molecule has 1 amide bonds. The van der Waals surface area contributed by atoms with Gasteiger partial charge < -0.3 is 15.0 Å². The van der Waals surface area contributed by atoms with Gasteiger partial charge in [0.05, 0.1) is 11.9 Å². The van der Waals surface area contributed by atoms with E-state index in [1.165, 1.54) is 0 Å². The molecule has 37 heavy (non-hydrogen) atoms. The monoisotopic (exact) mass is 493 g/mol. The number of amides is 1. The van der Waals surface area contributed by atoms with E-state index in [1.807, 2.05) is 97.9 Å². The number of rotatable bonds is 7. The van der Waals surface area contributed by atoms with Crippen LogP contribution in [0.2, 0.25) is 0 Å². The number of ether oxygens (including phenoxy) is 1. The third-order valence-corrected chi connectivity index (χ3v) is 6.45. The zero-order valence-electron chi connectivity index (χ0n) is 21.2. The van der Waals surface area contributed by atoms with E-state index in [0.29, 0.717) is 12.4 Å². The van der Waals surface area contributed by atoms with Crippen molar-refractivity contribution in [3.63, 3.8) is 0 Å². The lowest BCUT2D eigenvalue weighted by molar-refractivity contribution is -0.121. The first-order valence-corrected chi connectivity index (χ1v) is 12.7. The van der Waals surface area contributed by atoms with Gasteiger partial charge in [0.2, 0.25) is 5.91 Å². The molecule has 0 atom stereocenters. The Kier molecular flexibility index (Phi) is 7.40. The smallest absolute Gasteiger partial charge is 0.251 e. The van der Waals surface area contributed by atoms with E-state index in [0.717, 1.165) is 65.2 Å². The number of carbonyl (C=O) groups is 1. The highest BCUT2D eigenvalue weighted by Gasteiger charge is 2.20. The van der Waals surface area contributed by atoms with Crippen LogP contribution in [0.1, 0.15) is 31.2 Å². The Morgan fingerprint density at radius 3 is 2.32 bits per heavy atom. The van der Waals surface area contributed by atoms with Crippen LogP contribution in [0, 0.1) is 0 Å². The number of fused-ring (bicyclic) bond motifs is 1. The SMILES string of the molecule is CN(C)c1nc(N=C2CCC(NC(=O)Cc3ccc(Oc4ccccc4)cc3)CC2)nc2ccccc12. The molecule has 0 aliphatic heterocycles. The van der Waals surface area contributed by atoms with Crippen molar-refractivity contribution in [2.75, 3.05) is 19.0 Å². The Morgan fingerprint density at radius 2 is 1.59 bits per heavy atom. The molecule has 1 saturated carbocycles. The van der Waals surface area contributed by atoms with Gasteiger partial charge in [0.25, 0.3) is 5.95 Å². The molecule has 1 aromatic heterocycles. The molecule has 0 spiro atoms. The van der Waals surface area contributed by atoms with Crippen molar-refractivity contribution in [1.29, 1.82) is 0 Å². The van der Waals surface area contributed by atoms with Crippen molar-refractivity contribution in [2.45, 2.75) is 38.1 Å². The summed E-state index contributed by atoms with van der Waals surface area (Å²) < 4.78 is 5.83. The fraction of sp³-hybridized carbons (Fsp3) is 0.267. The first kappa shape index (κ1) is 24.4. The molecule has 4 aromatic rings. The number of anilines is 1. The number of benzene rings is 3. The number of hydrogen-bond donors (Lipinski definition) is 1. The van der Waals surface area contributed by atoms with Crippen LogP contribution in [-0.4, -0.2) is 41.7 Å². The van der Waals surface area contributed by atoms with Crippen molar-refractivity contribution >= 4 is 34.3 Å². The second-order valence-electron chi connectivity index (χ2n) is 9.51. The van der Waals surface area contributed by atoms with Crippen LogP contribution in [0.4, 0.5) is 11.8 Å². The normalized spacial score (nSPS) is 15.3. The molecule has 3 aromatic carbocycles. The molecule has 5 rings (SSSR count). The van der Waals surface area contributed by atoms with Gasteiger partial charge in [-0.2, -0.15) is 4.98 Å². The maximum atomic E-state index is 12.7. The molecule has 1 heterocycles. The third-order valence-electron chi connectivity index (χ3n) is 6.45. The van der Waals surface area contributed by atoms with Crippen LogP contribution >= 0.6 is 0 Å². The summed E-state index contributed by atoms with van der Waals surface area (Å²) in [6.45, 7) is 0. The number of nitrogens with zero attached hydrogens (tertiary/aromatic N) is 4. The lowest BCUT2D eigenvalue weighted by Crippen LogP contribution is -2.38. The summed E-state index contributed by atoms with van der Waals surface area (Å²) in [5, 5.41) is 4.21. The highest BCUT2D eigenvalue weighted by Crippen LogP contribution is 2.26. The molecule has 188 valence electrons. The van der Waals surface area contributed by atoms with Gasteiger partial charge >= 0.3 is 0 Å². The second-order valence-corrected chi connectivity index (χ2v) is 9.51. The topological polar surface area (TPSA) is 79.7 Å². The van der Waals surface area contributed by atoms with Crippen LogP contribution in [0.3, 0.4) is 0 Å². The maximum absolute atomic E-state index is 12.7. The average Bonchev–Trinajstić information content (AvgIpc) is 2.91. The largest absolute Gasteiger partial charge is 0.457 e. The summed E-state index contributed by atoms with van der Waals surface area (Å²) >= 11 is 0. The van der Waals surface area contributed by atoms with Crippen LogP contribution < -0.4 is 15.0 Å². The summed E-state index contributed by atoms with van der Waals surface area (Å²) in [5.41, 5.74) is 2.93. The maximum Gasteiger partial charge on any atom is 0.251 e. The van der Waals surface area contributed by atoms with Gasteiger partial charge in [0, 0.05) is 31.2 Å². The fourth-order valence-electron chi connectivity index (χ4n) is 4.55. The lowest BCUT2D eigenvalue weighted by atomic mass is 9.93. The zero-order chi connectivity index (χ0) is 25.6. The zero-order valence-corrected chi connectivity index (χ0v) is 21.2. The van der Waals surface area contributed by atoms with E-state index in [4.69, 9.17) is 9.73 Å². The number of hydrogen-bond acceptors (Lipinski definition) is 6. The lowest BCUT2D eigenvalue weighted by Gasteiger charge is -2.24. The van der Waals surface area contributed by atoms with E-state index < -0.39 is 0 Å². The van der Waals surface area contributed by atoms with Gasteiger partial charge in [-0.3, -0.25) is 4.79 Å². The Hall–Kier alpha value is -4.26. The molecule has 7 nitrogen and oxygen atoms in total. The Bertz CT molecular complexity index is 1390. The summed E-state index contributed by atoms with van der Waals surface area (Å²) in [6.07, 6.45) is 3.72. The molecular weight excluding hydrogens is 462 g/mol. The van der Waals surface area contributed by atoms with Crippen molar-refractivity contribution < 1.29 is 9.53 Å². The van der Waals surface area contributed by atoms with E-state index >= 15 is 0 Å². The Labute approximate surface area is 217 Å². The molecule has 0 radical (unpaired) electrons. The molecule has 1 aliphatic rings. The summed E-state index contributed by atoms with van der Waals surface area (Å²) in [6, 6.07) is 25.5. The number of aliphatic imine (C=N–C) groups is 1. The Balaban J connectivity index is 1.14. The molecule has 1 aliphatic carbocycles. The molecule has 0 unspecified atom stereocenters. The fourth-order valence-corrected chi connectivity index (χ4v) is 4.55. The molecule has 7 heteroatoms. The quantitative estimate of drug-likeness (QED) is 0.349. The molecule has 1 N–H and O–H groups in total. The average molecular weight is 494 g/mol. The van der Waals surface area contributed by atoms with E-state index in [2.05, 4.69) is 15.3 Å². The number of para-hydroxylation sites is 2. The van der Waals surface area contributed by atoms with Crippen molar-refractivity contribution in [3.05, 3.63) is 84.4 Å². The van der Waals surface area contributed by atoms with Gasteiger partial charge in [0.15, 0.2) is 0 Å². The van der Waals surface area contributed by atoms with Crippen LogP contribution in [-0.2, 0) is 11.2 Å². The van der Waals surface area contributed by atoms with Gasteiger partial charge in [-0.25, -0.2) is 9.98 Å². The van der Waals surface area contributed by atoms with Crippen LogP contribution in [0.25, 0.3) is 10.9 Å². The number of carbonyl (C=O) groups excluding carboxylic acids is 1. The Morgan fingerprint density at radius 1 is 0.919 bits per heavy atom. The second kappa shape index (κ2) is 11.2.